The van der Waals surface area contributed by atoms with Gasteiger partial charge in [0.2, 0.25) is 18.2 Å². The molecule has 3 aromatic carbocycles. The fraction of sp³-hybridized carbons (Fsp3) is 0.200. The molecule has 1 heterocycles. The van der Waals surface area contributed by atoms with Crippen molar-refractivity contribution in [3.05, 3.63) is 121 Å². The maximum Gasteiger partial charge on any atom is 0.345 e. The lowest BCUT2D eigenvalue weighted by Gasteiger charge is -2.16. The molecule has 0 saturated heterocycles. The first-order chi connectivity index (χ1) is 20.2. The van der Waals surface area contributed by atoms with Gasteiger partial charge in [0.25, 0.3) is 0 Å². The fourth-order valence-electron chi connectivity index (χ4n) is 4.40. The van der Waals surface area contributed by atoms with E-state index in [9.17, 15) is 28.8 Å². The summed E-state index contributed by atoms with van der Waals surface area (Å²) in [5.41, 5.74) is -0.478. The number of nitrogens with zero attached hydrogens (tertiary/aromatic N) is 6. The molecule has 1 aromatic heterocycles. The summed E-state index contributed by atoms with van der Waals surface area (Å²) in [6.07, 6.45) is 4.50. The fourth-order valence-corrected chi connectivity index (χ4v) is 4.40. The molecular weight excluding hydrogens is 540 g/mol. The number of hydrogen-bond acceptors (Lipinski definition) is 9. The highest BCUT2D eigenvalue weighted by molar-refractivity contribution is 5.43. The Balaban J connectivity index is 2.02. The summed E-state index contributed by atoms with van der Waals surface area (Å²) in [5, 5.41) is 0. The van der Waals surface area contributed by atoms with Crippen LogP contribution in [0.25, 0.3) is 17.1 Å². The van der Waals surface area contributed by atoms with Crippen molar-refractivity contribution in [3.63, 3.8) is 0 Å². The van der Waals surface area contributed by atoms with Crippen molar-refractivity contribution in [2.75, 3.05) is 0 Å². The molecule has 0 aliphatic rings. The Kier molecular flexibility index (Phi) is 8.75. The summed E-state index contributed by atoms with van der Waals surface area (Å²) in [5.74, 6) is 0. The molecular formula is C30H24N6O6. The number of benzene rings is 3. The van der Waals surface area contributed by atoms with Crippen molar-refractivity contribution in [3.8, 4) is 17.1 Å². The van der Waals surface area contributed by atoms with E-state index in [0.29, 0.717) is 16.7 Å². The highest BCUT2D eigenvalue weighted by atomic mass is 16.2. The van der Waals surface area contributed by atoms with E-state index in [0.717, 1.165) is 13.7 Å². The zero-order valence-corrected chi connectivity index (χ0v) is 22.8. The van der Waals surface area contributed by atoms with E-state index < -0.39 is 35.2 Å². The van der Waals surface area contributed by atoms with Crippen molar-refractivity contribution in [1.29, 1.82) is 0 Å². The lowest BCUT2D eigenvalue weighted by atomic mass is 10.1. The number of isocyanates is 3. The van der Waals surface area contributed by atoms with Gasteiger partial charge in [0, 0.05) is 0 Å². The Morgan fingerprint density at radius 1 is 0.500 bits per heavy atom. The van der Waals surface area contributed by atoms with E-state index >= 15 is 0 Å². The Hall–Kier alpha value is -5.79. The first-order valence-corrected chi connectivity index (χ1v) is 12.7. The van der Waals surface area contributed by atoms with Gasteiger partial charge in [-0.3, -0.25) is 0 Å². The van der Waals surface area contributed by atoms with E-state index in [4.69, 9.17) is 0 Å². The van der Waals surface area contributed by atoms with Crippen LogP contribution in [-0.2, 0) is 14.4 Å². The Morgan fingerprint density at radius 2 is 0.857 bits per heavy atom. The van der Waals surface area contributed by atoms with E-state index in [1.54, 1.807) is 57.2 Å². The quantitative estimate of drug-likeness (QED) is 0.224. The predicted octanol–water partition coefficient (Wildman–Crippen LogP) is 3.33. The van der Waals surface area contributed by atoms with Gasteiger partial charge in [-0.2, -0.15) is 15.0 Å². The third kappa shape index (κ3) is 5.72. The third-order valence-electron chi connectivity index (χ3n) is 6.76. The summed E-state index contributed by atoms with van der Waals surface area (Å²) >= 11 is 0. The van der Waals surface area contributed by atoms with E-state index in [1.165, 1.54) is 54.6 Å². The summed E-state index contributed by atoms with van der Waals surface area (Å²) in [4.78, 5) is 84.7. The molecule has 0 saturated carbocycles. The SMILES string of the molecule is CC(N=C=O)c1ccc(-n2c(=O)n(-c3ccc(C(C)N=C=O)cc3)c(=O)n(-c3cccc(C(C)N=C=O)c3)c2=O)cc1. The number of rotatable bonds is 9. The van der Waals surface area contributed by atoms with E-state index in [2.05, 4.69) is 15.0 Å². The lowest BCUT2D eigenvalue weighted by molar-refractivity contribution is 0.558. The molecule has 3 unspecified atom stereocenters. The molecule has 0 amide bonds. The second-order valence-corrected chi connectivity index (χ2v) is 9.32. The average molecular weight is 565 g/mol. The summed E-state index contributed by atoms with van der Waals surface area (Å²) in [7, 11) is 0. The van der Waals surface area contributed by atoms with Crippen LogP contribution in [0.5, 0.6) is 0 Å². The van der Waals surface area contributed by atoms with Gasteiger partial charge in [-0.15, -0.1) is 0 Å². The highest BCUT2D eigenvalue weighted by Crippen LogP contribution is 2.20. The number of aliphatic imine (C=N–C) groups is 3. The third-order valence-corrected chi connectivity index (χ3v) is 6.76. The molecule has 0 bridgehead atoms. The van der Waals surface area contributed by atoms with Gasteiger partial charge >= 0.3 is 17.1 Å². The molecule has 12 heteroatoms. The largest absolute Gasteiger partial charge is 0.345 e. The van der Waals surface area contributed by atoms with Crippen LogP contribution in [-0.4, -0.2) is 31.9 Å². The topological polar surface area (TPSA) is 154 Å². The monoisotopic (exact) mass is 564 g/mol. The molecule has 12 nitrogen and oxygen atoms in total. The Bertz CT molecular complexity index is 1850. The minimum Gasteiger partial charge on any atom is -0.246 e. The summed E-state index contributed by atoms with van der Waals surface area (Å²) in [6, 6.07) is 17.2. The molecule has 0 aliphatic heterocycles. The number of hydrogen-bond donors (Lipinski definition) is 0. The summed E-state index contributed by atoms with van der Waals surface area (Å²) < 4.78 is 2.56. The Morgan fingerprint density at radius 3 is 1.24 bits per heavy atom. The van der Waals surface area contributed by atoms with Crippen molar-refractivity contribution in [2.24, 2.45) is 15.0 Å². The van der Waals surface area contributed by atoms with Gasteiger partial charge in [0.15, 0.2) is 0 Å². The molecule has 0 radical (unpaired) electrons. The number of aromatic nitrogens is 3. The normalized spacial score (nSPS) is 12.6. The zero-order valence-electron chi connectivity index (χ0n) is 22.8. The number of carbonyl (C=O) groups excluding carboxylic acids is 3. The second-order valence-electron chi connectivity index (χ2n) is 9.32. The minimum absolute atomic E-state index is 0.147. The van der Waals surface area contributed by atoms with Crippen molar-refractivity contribution in [2.45, 2.75) is 38.9 Å². The molecule has 4 aromatic rings. The van der Waals surface area contributed by atoms with Gasteiger partial charge in [-0.05, 0) is 73.9 Å². The maximum atomic E-state index is 13.8. The molecule has 0 aliphatic carbocycles. The van der Waals surface area contributed by atoms with E-state index in [-0.39, 0.29) is 17.1 Å². The molecule has 4 rings (SSSR count). The standard InChI is InChI=1S/C30H24N6O6/c1-19(31-16-37)22-7-11-25(12-8-22)34-28(40)35(26-13-9-23(10-14-26)20(2)32-17-38)30(42)36(29(34)41)27-6-4-5-24(15-27)21(3)33-18-39/h4-15,19-21H,1-3H3. The van der Waals surface area contributed by atoms with Crippen LogP contribution < -0.4 is 17.1 Å². The smallest absolute Gasteiger partial charge is 0.246 e. The highest BCUT2D eigenvalue weighted by Gasteiger charge is 2.20. The molecule has 0 fully saturated rings. The van der Waals surface area contributed by atoms with Crippen molar-refractivity contribution in [1.82, 2.24) is 13.7 Å². The maximum absolute atomic E-state index is 13.8. The first-order valence-electron chi connectivity index (χ1n) is 12.7. The van der Waals surface area contributed by atoms with Crippen LogP contribution >= 0.6 is 0 Å². The van der Waals surface area contributed by atoms with Gasteiger partial charge in [0.1, 0.15) is 0 Å². The van der Waals surface area contributed by atoms with Crippen molar-refractivity contribution >= 4 is 18.2 Å². The lowest BCUT2D eigenvalue weighted by Crippen LogP contribution is -2.52. The van der Waals surface area contributed by atoms with Crippen molar-refractivity contribution < 1.29 is 14.4 Å². The molecule has 0 N–H and O–H groups in total. The van der Waals surface area contributed by atoms with Crippen LogP contribution in [0.3, 0.4) is 0 Å². The summed E-state index contributed by atoms with van der Waals surface area (Å²) in [6.45, 7) is 5.03. The van der Waals surface area contributed by atoms with Gasteiger partial charge in [-0.25, -0.2) is 42.5 Å². The predicted molar refractivity (Wildman–Crippen MR) is 153 cm³/mol. The van der Waals surface area contributed by atoms with Crippen LogP contribution in [0.15, 0.2) is 102 Å². The van der Waals surface area contributed by atoms with Crippen LogP contribution in [0.1, 0.15) is 55.6 Å². The molecule has 210 valence electrons. The second kappa shape index (κ2) is 12.6. The average Bonchev–Trinajstić information content (AvgIpc) is 2.98. The Labute approximate surface area is 238 Å². The molecule has 0 spiro atoms. The van der Waals surface area contributed by atoms with Gasteiger partial charge in [-0.1, -0.05) is 36.4 Å². The zero-order chi connectivity index (χ0) is 30.4. The first kappa shape index (κ1) is 29.2. The van der Waals surface area contributed by atoms with E-state index in [1.807, 2.05) is 0 Å². The van der Waals surface area contributed by atoms with Gasteiger partial charge < -0.3 is 0 Å². The molecule has 42 heavy (non-hydrogen) atoms. The van der Waals surface area contributed by atoms with Crippen LogP contribution in [0.2, 0.25) is 0 Å². The van der Waals surface area contributed by atoms with Gasteiger partial charge in [0.05, 0.1) is 35.2 Å². The molecule has 3 atom stereocenters. The van der Waals surface area contributed by atoms with Crippen LogP contribution in [0, 0.1) is 0 Å². The minimum atomic E-state index is -0.929. The van der Waals surface area contributed by atoms with Crippen LogP contribution in [0.4, 0.5) is 0 Å².